The van der Waals surface area contributed by atoms with E-state index in [1.165, 1.54) is 42.9 Å². The van der Waals surface area contributed by atoms with Crippen molar-refractivity contribution in [2.75, 3.05) is 0 Å². The van der Waals surface area contributed by atoms with Crippen LogP contribution in [0.5, 0.6) is 0 Å². The number of aromatic nitrogens is 3. The summed E-state index contributed by atoms with van der Waals surface area (Å²) in [6.07, 6.45) is 4.15. The third-order valence-electron chi connectivity index (χ3n) is 4.25. The number of aromatic amines is 1. The van der Waals surface area contributed by atoms with Gasteiger partial charge in [0, 0.05) is 29.7 Å². The Labute approximate surface area is 155 Å². The number of hydrogen-bond acceptors (Lipinski definition) is 2. The van der Waals surface area contributed by atoms with Gasteiger partial charge < -0.3 is 4.98 Å². The average Bonchev–Trinajstić information content (AvgIpc) is 3.12. The number of nitrogens with one attached hydrogen (secondary N) is 1. The third kappa shape index (κ3) is 2.92. The van der Waals surface area contributed by atoms with Crippen molar-refractivity contribution in [2.24, 2.45) is 0 Å². The van der Waals surface area contributed by atoms with Crippen molar-refractivity contribution in [1.29, 1.82) is 0 Å². The molecule has 140 valence electrons. The molecule has 28 heavy (non-hydrogen) atoms. The summed E-state index contributed by atoms with van der Waals surface area (Å²) in [5.74, 6) is -7.19. The van der Waals surface area contributed by atoms with Gasteiger partial charge in [-0.15, -0.1) is 0 Å². The van der Waals surface area contributed by atoms with Crippen LogP contribution in [0.1, 0.15) is 0 Å². The van der Waals surface area contributed by atoms with E-state index >= 15 is 0 Å². The smallest absolute Gasteiger partial charge is 0.252 e. The zero-order valence-corrected chi connectivity index (χ0v) is 14.0. The molecule has 0 fully saturated rings. The fourth-order valence-corrected chi connectivity index (χ4v) is 3.01. The van der Waals surface area contributed by atoms with E-state index in [9.17, 15) is 22.0 Å². The molecule has 0 aliphatic rings. The minimum absolute atomic E-state index is 0.110. The van der Waals surface area contributed by atoms with Gasteiger partial charge in [-0.05, 0) is 47.5 Å². The minimum Gasteiger partial charge on any atom is -0.360 e. The number of H-pyrrole nitrogens is 1. The molecule has 3 aromatic heterocycles. The van der Waals surface area contributed by atoms with Gasteiger partial charge in [-0.3, -0.25) is 4.98 Å². The number of nitrogens with zero attached hydrogens (tertiary/aromatic N) is 2. The van der Waals surface area contributed by atoms with Crippen molar-refractivity contribution in [3.05, 3.63) is 84.3 Å². The molecule has 4 aromatic rings. The molecule has 0 radical (unpaired) electrons. The molecule has 1 N–H and O–H groups in total. The molecular weight excluding hydrogens is 377 g/mol. The maximum Gasteiger partial charge on any atom is 0.252 e. The van der Waals surface area contributed by atoms with Crippen LogP contribution in [0.4, 0.5) is 22.0 Å². The van der Waals surface area contributed by atoms with Gasteiger partial charge in [-0.25, -0.2) is 13.2 Å². The molecule has 0 aliphatic carbocycles. The van der Waals surface area contributed by atoms with Gasteiger partial charge in [-0.2, -0.15) is 13.8 Å². The fraction of sp³-hybridized carbons (Fsp3) is 0. The number of rotatable bonds is 3. The maximum atomic E-state index is 14.4. The molecule has 0 amide bonds. The largest absolute Gasteiger partial charge is 0.360 e. The molecule has 0 spiro atoms. The lowest BCUT2D eigenvalue weighted by Crippen LogP contribution is -2.03. The second-order valence-electron chi connectivity index (χ2n) is 5.89. The highest BCUT2D eigenvalue weighted by molar-refractivity contribution is 5.93. The van der Waals surface area contributed by atoms with Crippen LogP contribution in [-0.2, 0) is 0 Å². The highest BCUT2D eigenvalue weighted by atomic mass is 19.2. The molecule has 0 atom stereocenters. The predicted octanol–water partition coefficient (Wildman–Crippen LogP) is 5.50. The Bertz CT molecular complexity index is 1130. The van der Waals surface area contributed by atoms with E-state index in [2.05, 4.69) is 15.0 Å². The van der Waals surface area contributed by atoms with Crippen LogP contribution in [0.15, 0.2) is 55.0 Å². The summed E-state index contributed by atoms with van der Waals surface area (Å²) in [7, 11) is 0. The Kier molecular flexibility index (Phi) is 4.38. The Hall–Kier alpha value is -3.55. The zero-order chi connectivity index (χ0) is 19.8. The number of pyridine rings is 2. The Morgan fingerprint density at radius 2 is 1.29 bits per heavy atom. The lowest BCUT2D eigenvalue weighted by molar-refractivity contribution is 0.410. The first kappa shape index (κ1) is 17.8. The first-order chi connectivity index (χ1) is 13.5. The molecule has 0 saturated carbocycles. The van der Waals surface area contributed by atoms with E-state index in [0.29, 0.717) is 16.8 Å². The average molecular weight is 387 g/mol. The summed E-state index contributed by atoms with van der Waals surface area (Å²) < 4.78 is 69.3. The summed E-state index contributed by atoms with van der Waals surface area (Å²) >= 11 is 0. The molecule has 0 unspecified atom stereocenters. The quantitative estimate of drug-likeness (QED) is 0.373. The van der Waals surface area contributed by atoms with E-state index in [-0.39, 0.29) is 11.1 Å². The van der Waals surface area contributed by atoms with E-state index in [0.717, 1.165) is 0 Å². The standard InChI is InChI=1S/C20H10F5N3/c21-12-3-1-11(2-4-12)18-14(10-5-7-26-8-6-10)13(9-27-18)15-16(22)19(24)28-20(25)17(15)23/h1-9,27H. The lowest BCUT2D eigenvalue weighted by Gasteiger charge is -2.10. The van der Waals surface area contributed by atoms with E-state index in [1.807, 2.05) is 0 Å². The highest BCUT2D eigenvalue weighted by Crippen LogP contribution is 2.41. The Balaban J connectivity index is 2.04. The highest BCUT2D eigenvalue weighted by Gasteiger charge is 2.26. The maximum absolute atomic E-state index is 14.4. The lowest BCUT2D eigenvalue weighted by atomic mass is 9.95. The summed E-state index contributed by atoms with van der Waals surface area (Å²) in [6.45, 7) is 0. The van der Waals surface area contributed by atoms with Crippen LogP contribution < -0.4 is 0 Å². The van der Waals surface area contributed by atoms with Gasteiger partial charge in [0.1, 0.15) is 5.82 Å². The van der Waals surface area contributed by atoms with Crippen molar-refractivity contribution < 1.29 is 22.0 Å². The van der Waals surface area contributed by atoms with Crippen molar-refractivity contribution >= 4 is 0 Å². The molecule has 3 heterocycles. The Morgan fingerprint density at radius 3 is 1.89 bits per heavy atom. The van der Waals surface area contributed by atoms with E-state index in [1.54, 1.807) is 12.1 Å². The normalized spacial score (nSPS) is 11.0. The van der Waals surface area contributed by atoms with Crippen molar-refractivity contribution in [2.45, 2.75) is 0 Å². The SMILES string of the molecule is Fc1ccc(-c2[nH]cc(-c3c(F)c(F)nc(F)c3F)c2-c2ccncc2)cc1. The Morgan fingerprint density at radius 1 is 0.679 bits per heavy atom. The number of halogens is 5. The van der Waals surface area contributed by atoms with Gasteiger partial charge in [0.15, 0.2) is 11.6 Å². The number of hydrogen-bond donors (Lipinski definition) is 1. The second-order valence-corrected chi connectivity index (χ2v) is 5.89. The van der Waals surface area contributed by atoms with Gasteiger partial charge >= 0.3 is 0 Å². The van der Waals surface area contributed by atoms with Crippen molar-refractivity contribution in [3.8, 4) is 33.5 Å². The first-order valence-corrected chi connectivity index (χ1v) is 8.05. The molecule has 1 aromatic carbocycles. The number of benzene rings is 1. The fourth-order valence-electron chi connectivity index (χ4n) is 3.01. The predicted molar refractivity (Wildman–Crippen MR) is 92.5 cm³/mol. The molecule has 0 aliphatic heterocycles. The van der Waals surface area contributed by atoms with Crippen LogP contribution in [0.3, 0.4) is 0 Å². The van der Waals surface area contributed by atoms with Crippen LogP contribution >= 0.6 is 0 Å². The molecular formula is C20H10F5N3. The topological polar surface area (TPSA) is 41.6 Å². The molecule has 0 bridgehead atoms. The van der Waals surface area contributed by atoms with Crippen LogP contribution in [0, 0.1) is 29.3 Å². The summed E-state index contributed by atoms with van der Waals surface area (Å²) in [4.78, 5) is 9.35. The van der Waals surface area contributed by atoms with Crippen LogP contribution in [0.25, 0.3) is 33.5 Å². The summed E-state index contributed by atoms with van der Waals surface area (Å²) in [6, 6.07) is 8.52. The van der Waals surface area contributed by atoms with E-state index < -0.39 is 34.9 Å². The first-order valence-electron chi connectivity index (χ1n) is 8.05. The van der Waals surface area contributed by atoms with E-state index in [4.69, 9.17) is 0 Å². The van der Waals surface area contributed by atoms with Crippen molar-refractivity contribution in [1.82, 2.24) is 15.0 Å². The summed E-state index contributed by atoms with van der Waals surface area (Å²) in [5.41, 5.74) is 0.661. The van der Waals surface area contributed by atoms with Crippen molar-refractivity contribution in [3.63, 3.8) is 0 Å². The van der Waals surface area contributed by atoms with Crippen LogP contribution in [0.2, 0.25) is 0 Å². The third-order valence-corrected chi connectivity index (χ3v) is 4.25. The van der Waals surface area contributed by atoms with Gasteiger partial charge in [-0.1, -0.05) is 0 Å². The molecule has 4 rings (SSSR count). The monoisotopic (exact) mass is 387 g/mol. The molecule has 8 heteroatoms. The van der Waals surface area contributed by atoms with Crippen LogP contribution in [-0.4, -0.2) is 15.0 Å². The second kappa shape index (κ2) is 6.88. The summed E-state index contributed by atoms with van der Waals surface area (Å²) in [5, 5.41) is 0. The zero-order valence-electron chi connectivity index (χ0n) is 14.0. The molecule has 3 nitrogen and oxygen atoms in total. The minimum atomic E-state index is -1.75. The van der Waals surface area contributed by atoms with Gasteiger partial charge in [0.05, 0.1) is 11.3 Å². The molecule has 0 saturated heterocycles. The van der Waals surface area contributed by atoms with Gasteiger partial charge in [0.2, 0.25) is 0 Å². The van der Waals surface area contributed by atoms with Gasteiger partial charge in [0.25, 0.3) is 11.9 Å².